The van der Waals surface area contributed by atoms with Crippen LogP contribution in [0, 0.1) is 6.92 Å². The van der Waals surface area contributed by atoms with E-state index in [1.807, 2.05) is 76.2 Å². The topological polar surface area (TPSA) is 49.4 Å². The van der Waals surface area contributed by atoms with Crippen LogP contribution in [-0.4, -0.2) is 28.3 Å². The molecular weight excluding hydrogens is 416 g/mol. The fourth-order valence-corrected chi connectivity index (χ4v) is 3.41. The molecule has 28 heavy (non-hydrogen) atoms. The molecule has 2 aromatic carbocycles. The molecule has 1 atom stereocenters. The maximum Gasteiger partial charge on any atom is 0.242 e. The van der Waals surface area contributed by atoms with Gasteiger partial charge >= 0.3 is 0 Å². The molecule has 2 rings (SSSR count). The van der Waals surface area contributed by atoms with Crippen LogP contribution < -0.4 is 5.32 Å². The molecule has 2 aromatic rings. The van der Waals surface area contributed by atoms with Gasteiger partial charge in [-0.15, -0.1) is 0 Å². The minimum atomic E-state index is -0.574. The molecule has 4 nitrogen and oxygen atoms in total. The van der Waals surface area contributed by atoms with Crippen molar-refractivity contribution in [2.24, 2.45) is 0 Å². The highest BCUT2D eigenvalue weighted by Gasteiger charge is 2.28. The van der Waals surface area contributed by atoms with E-state index >= 15 is 0 Å². The van der Waals surface area contributed by atoms with Gasteiger partial charge in [-0.3, -0.25) is 9.59 Å². The highest BCUT2D eigenvalue weighted by atomic mass is 79.9. The van der Waals surface area contributed by atoms with Crippen LogP contribution in [0.25, 0.3) is 0 Å². The Morgan fingerprint density at radius 3 is 2.39 bits per heavy atom. The molecule has 0 aliphatic rings. The van der Waals surface area contributed by atoms with E-state index in [0.717, 1.165) is 21.2 Å². The van der Waals surface area contributed by atoms with Crippen LogP contribution >= 0.6 is 15.9 Å². The molecule has 1 N–H and O–H groups in total. The van der Waals surface area contributed by atoms with Crippen LogP contribution in [0.3, 0.4) is 0 Å². The number of halogens is 1. The van der Waals surface area contributed by atoms with E-state index in [1.54, 1.807) is 11.8 Å². The highest BCUT2D eigenvalue weighted by Crippen LogP contribution is 2.18. The van der Waals surface area contributed by atoms with Gasteiger partial charge in [0.25, 0.3) is 0 Å². The number of amides is 2. The summed E-state index contributed by atoms with van der Waals surface area (Å²) in [6, 6.07) is 15.1. The maximum atomic E-state index is 13.2. The monoisotopic (exact) mass is 444 g/mol. The van der Waals surface area contributed by atoms with E-state index in [0.29, 0.717) is 6.54 Å². The predicted molar refractivity (Wildman–Crippen MR) is 117 cm³/mol. The molecule has 0 saturated heterocycles. The molecule has 0 fully saturated rings. The average Bonchev–Trinajstić information content (AvgIpc) is 2.59. The highest BCUT2D eigenvalue weighted by molar-refractivity contribution is 9.10. The Morgan fingerprint density at radius 2 is 1.79 bits per heavy atom. The number of carbonyl (C=O) groups excluding carboxylic acids is 2. The van der Waals surface area contributed by atoms with Crippen LogP contribution in [-0.2, 0) is 22.6 Å². The summed E-state index contributed by atoms with van der Waals surface area (Å²) in [6.07, 6.45) is 0.272. The molecule has 0 bridgehead atoms. The summed E-state index contributed by atoms with van der Waals surface area (Å²) in [4.78, 5) is 27.6. The second kappa shape index (κ2) is 9.37. The fourth-order valence-electron chi connectivity index (χ4n) is 2.96. The lowest BCUT2D eigenvalue weighted by Gasteiger charge is -2.31. The Morgan fingerprint density at radius 1 is 1.11 bits per heavy atom. The second-order valence-electron chi connectivity index (χ2n) is 8.17. The van der Waals surface area contributed by atoms with Crippen molar-refractivity contribution in [2.45, 2.75) is 59.2 Å². The molecule has 0 aliphatic carbocycles. The molecule has 2 amide bonds. The number of hydrogen-bond acceptors (Lipinski definition) is 2. The van der Waals surface area contributed by atoms with Crippen molar-refractivity contribution in [1.29, 1.82) is 0 Å². The summed E-state index contributed by atoms with van der Waals surface area (Å²) in [5.41, 5.74) is 2.68. The average molecular weight is 445 g/mol. The van der Waals surface area contributed by atoms with E-state index in [4.69, 9.17) is 0 Å². The summed E-state index contributed by atoms with van der Waals surface area (Å²) in [5.74, 6) is -0.216. The molecule has 0 aliphatic heterocycles. The summed E-state index contributed by atoms with van der Waals surface area (Å²) in [6.45, 7) is 9.97. The fraction of sp³-hybridized carbons (Fsp3) is 0.391. The van der Waals surface area contributed by atoms with Crippen molar-refractivity contribution in [3.8, 4) is 0 Å². The van der Waals surface area contributed by atoms with Crippen molar-refractivity contribution < 1.29 is 9.59 Å². The standard InChI is InChI=1S/C23H29BrN2O2/c1-16-9-6-7-11-19(16)14-21(27)26(15-18-10-8-12-20(24)13-18)17(2)22(28)25-23(3,4)5/h6-13,17H,14-15H2,1-5H3,(H,25,28)/t17-/m1/s1. The van der Waals surface area contributed by atoms with Gasteiger partial charge < -0.3 is 10.2 Å². The predicted octanol–water partition coefficient (Wildman–Crippen LogP) is 4.63. The third-order valence-corrected chi connectivity index (χ3v) is 5.00. The SMILES string of the molecule is Cc1ccccc1CC(=O)N(Cc1cccc(Br)c1)[C@H](C)C(=O)NC(C)(C)C. The van der Waals surface area contributed by atoms with Gasteiger partial charge in [0, 0.05) is 16.6 Å². The van der Waals surface area contributed by atoms with Gasteiger partial charge in [0.05, 0.1) is 6.42 Å². The van der Waals surface area contributed by atoms with E-state index in [9.17, 15) is 9.59 Å². The number of nitrogens with zero attached hydrogens (tertiary/aromatic N) is 1. The van der Waals surface area contributed by atoms with Gasteiger partial charge in [-0.2, -0.15) is 0 Å². The Labute approximate surface area is 176 Å². The van der Waals surface area contributed by atoms with Crippen molar-refractivity contribution in [3.63, 3.8) is 0 Å². The molecule has 5 heteroatoms. The Balaban J connectivity index is 2.27. The second-order valence-corrected chi connectivity index (χ2v) is 9.09. The van der Waals surface area contributed by atoms with E-state index in [-0.39, 0.29) is 23.8 Å². The first-order valence-corrected chi connectivity index (χ1v) is 10.3. The molecule has 0 spiro atoms. The number of aryl methyl sites for hydroxylation is 1. The van der Waals surface area contributed by atoms with Gasteiger partial charge in [0.15, 0.2) is 0 Å². The van der Waals surface area contributed by atoms with Gasteiger partial charge in [-0.05, 0) is 63.4 Å². The minimum absolute atomic E-state index is 0.0640. The zero-order chi connectivity index (χ0) is 20.9. The van der Waals surface area contributed by atoms with Gasteiger partial charge in [-0.1, -0.05) is 52.3 Å². The molecule has 0 unspecified atom stereocenters. The maximum absolute atomic E-state index is 13.2. The number of benzene rings is 2. The van der Waals surface area contributed by atoms with E-state index in [1.165, 1.54) is 0 Å². The van der Waals surface area contributed by atoms with Crippen LogP contribution in [0.4, 0.5) is 0 Å². The lowest BCUT2D eigenvalue weighted by Crippen LogP contribution is -2.52. The molecule has 0 radical (unpaired) electrons. The lowest BCUT2D eigenvalue weighted by atomic mass is 10.0. The largest absolute Gasteiger partial charge is 0.350 e. The first-order chi connectivity index (χ1) is 13.1. The van der Waals surface area contributed by atoms with Crippen molar-refractivity contribution in [1.82, 2.24) is 10.2 Å². The molecule has 0 heterocycles. The molecule has 0 saturated carbocycles. The van der Waals surface area contributed by atoms with Crippen LogP contribution in [0.1, 0.15) is 44.4 Å². The number of nitrogens with one attached hydrogen (secondary N) is 1. The van der Waals surface area contributed by atoms with E-state index < -0.39 is 6.04 Å². The third kappa shape index (κ3) is 6.48. The van der Waals surface area contributed by atoms with Crippen LogP contribution in [0.2, 0.25) is 0 Å². The summed E-state index contributed by atoms with van der Waals surface area (Å²) < 4.78 is 0.947. The summed E-state index contributed by atoms with van der Waals surface area (Å²) in [5, 5.41) is 2.98. The van der Waals surface area contributed by atoms with Crippen molar-refractivity contribution >= 4 is 27.7 Å². The summed E-state index contributed by atoms with van der Waals surface area (Å²) in [7, 11) is 0. The normalized spacial score (nSPS) is 12.4. The number of carbonyl (C=O) groups is 2. The number of hydrogen-bond donors (Lipinski definition) is 1. The lowest BCUT2D eigenvalue weighted by molar-refractivity contribution is -0.140. The number of rotatable bonds is 6. The van der Waals surface area contributed by atoms with E-state index in [2.05, 4.69) is 21.2 Å². The Kier molecular flexibility index (Phi) is 7.41. The minimum Gasteiger partial charge on any atom is -0.350 e. The zero-order valence-electron chi connectivity index (χ0n) is 17.3. The molecule has 150 valence electrons. The first kappa shape index (κ1) is 22.2. The molecular formula is C23H29BrN2O2. The zero-order valence-corrected chi connectivity index (χ0v) is 18.8. The quantitative estimate of drug-likeness (QED) is 0.705. The smallest absolute Gasteiger partial charge is 0.242 e. The van der Waals surface area contributed by atoms with Gasteiger partial charge in [0.2, 0.25) is 11.8 Å². The van der Waals surface area contributed by atoms with Crippen molar-refractivity contribution in [2.75, 3.05) is 0 Å². The van der Waals surface area contributed by atoms with Gasteiger partial charge in [0.1, 0.15) is 6.04 Å². The Hall–Kier alpha value is -2.14. The Bertz CT molecular complexity index is 842. The molecule has 0 aromatic heterocycles. The van der Waals surface area contributed by atoms with Gasteiger partial charge in [-0.25, -0.2) is 0 Å². The first-order valence-electron chi connectivity index (χ1n) is 9.47. The van der Waals surface area contributed by atoms with Crippen LogP contribution in [0.15, 0.2) is 53.0 Å². The summed E-state index contributed by atoms with van der Waals surface area (Å²) >= 11 is 3.48. The third-order valence-electron chi connectivity index (χ3n) is 4.51. The van der Waals surface area contributed by atoms with Crippen molar-refractivity contribution in [3.05, 3.63) is 69.7 Å². The van der Waals surface area contributed by atoms with Crippen LogP contribution in [0.5, 0.6) is 0 Å².